The first-order valence-electron chi connectivity index (χ1n) is 17.0. The van der Waals surface area contributed by atoms with Gasteiger partial charge < -0.3 is 20.1 Å². The fraction of sp³-hybridized carbons (Fsp3) is 0.605. The molecule has 9 heteroatoms. The summed E-state index contributed by atoms with van der Waals surface area (Å²) in [5.41, 5.74) is 7.01. The van der Waals surface area contributed by atoms with Crippen molar-refractivity contribution in [3.63, 3.8) is 0 Å². The lowest BCUT2D eigenvalue weighted by molar-refractivity contribution is -0.115. The van der Waals surface area contributed by atoms with Crippen LogP contribution in [0.15, 0.2) is 60.7 Å². The van der Waals surface area contributed by atoms with Crippen LogP contribution in [0.25, 0.3) is 0 Å². The number of anilines is 1. The number of hydrogen-bond donors (Lipinski definition) is 2. The minimum Gasteiger partial charge on any atom is -0.491 e. The van der Waals surface area contributed by atoms with Gasteiger partial charge in [0.15, 0.2) is 0 Å². The number of methoxy groups -OCH3 is 1. The highest BCUT2D eigenvalue weighted by Crippen LogP contribution is 2.34. The van der Waals surface area contributed by atoms with Gasteiger partial charge in [-0.15, -0.1) is 22.5 Å². The average Bonchev–Trinajstić information content (AvgIpc) is 3.24. The lowest BCUT2D eigenvalue weighted by atomic mass is 9.93. The number of benzene rings is 2. The van der Waals surface area contributed by atoms with Gasteiger partial charge in [-0.1, -0.05) is 89.1 Å². The summed E-state index contributed by atoms with van der Waals surface area (Å²) in [4.78, 5) is 11.8. The van der Waals surface area contributed by atoms with E-state index >= 15 is 0 Å². The second kappa shape index (κ2) is 28.4. The average molecular weight is 728 g/mol. The summed E-state index contributed by atoms with van der Waals surface area (Å²) in [5.74, 6) is 2.34. The van der Waals surface area contributed by atoms with Crippen molar-refractivity contribution in [3.05, 3.63) is 71.3 Å². The number of primary amides is 1. The zero-order valence-electron chi connectivity index (χ0n) is 30.4. The Morgan fingerprint density at radius 3 is 2.45 bits per heavy atom. The third kappa shape index (κ3) is 20.0. The van der Waals surface area contributed by atoms with Crippen LogP contribution in [0.5, 0.6) is 5.75 Å². The van der Waals surface area contributed by atoms with Crippen LogP contribution < -0.4 is 15.4 Å². The van der Waals surface area contributed by atoms with Crippen LogP contribution in [0.2, 0.25) is 5.02 Å². The lowest BCUT2D eigenvalue weighted by Crippen LogP contribution is -2.33. The zero-order chi connectivity index (χ0) is 35.6. The van der Waals surface area contributed by atoms with Gasteiger partial charge in [-0.2, -0.15) is 11.8 Å². The van der Waals surface area contributed by atoms with Crippen molar-refractivity contribution in [1.82, 2.24) is 0 Å². The quantitative estimate of drug-likeness (QED) is 0.108. The minimum absolute atomic E-state index is 0.156. The van der Waals surface area contributed by atoms with E-state index in [1.165, 1.54) is 29.0 Å². The van der Waals surface area contributed by atoms with Gasteiger partial charge in [-0.25, -0.2) is 0 Å². The van der Waals surface area contributed by atoms with E-state index in [1.807, 2.05) is 51.1 Å². The summed E-state index contributed by atoms with van der Waals surface area (Å²) in [6, 6.07) is 16.8. The number of allylic oxidation sites excluding steroid dienone is 1. The van der Waals surface area contributed by atoms with Gasteiger partial charge in [0.05, 0.1) is 18.4 Å². The second-order valence-electron chi connectivity index (χ2n) is 11.6. The number of thiol groups is 1. The van der Waals surface area contributed by atoms with Gasteiger partial charge in [0, 0.05) is 43.3 Å². The predicted octanol–water partition coefficient (Wildman–Crippen LogP) is 10.7. The number of rotatable bonds is 15. The Hall–Kier alpha value is -1.45. The molecule has 1 aliphatic heterocycles. The van der Waals surface area contributed by atoms with Crippen LogP contribution >= 0.6 is 45.8 Å². The van der Waals surface area contributed by atoms with E-state index in [0.717, 1.165) is 69.0 Å². The van der Waals surface area contributed by atoms with Crippen molar-refractivity contribution in [3.8, 4) is 5.75 Å². The molecule has 1 aliphatic rings. The molecule has 268 valence electrons. The maximum Gasteiger partial charge on any atom is 0.214 e. The van der Waals surface area contributed by atoms with Crippen molar-refractivity contribution in [2.45, 2.75) is 91.4 Å². The first-order valence-corrected chi connectivity index (χ1v) is 20.9. The number of halogens is 1. The van der Waals surface area contributed by atoms with Crippen LogP contribution in [0, 0.1) is 17.8 Å². The molecule has 0 bridgehead atoms. The van der Waals surface area contributed by atoms with Crippen molar-refractivity contribution in [2.75, 3.05) is 44.2 Å². The third-order valence-corrected chi connectivity index (χ3v) is 9.61. The van der Waals surface area contributed by atoms with E-state index in [2.05, 4.69) is 97.9 Å². The number of amides is 1. The van der Waals surface area contributed by atoms with Gasteiger partial charge in [0.25, 0.3) is 0 Å². The number of thioether (sulfide) groups is 1. The van der Waals surface area contributed by atoms with Crippen molar-refractivity contribution in [1.29, 1.82) is 0 Å². The topological polar surface area (TPSA) is 64.8 Å². The maximum atomic E-state index is 9.22. The molecule has 2 N–H and O–H groups in total. The molecule has 0 spiro atoms. The third-order valence-electron chi connectivity index (χ3n) is 8.16. The van der Waals surface area contributed by atoms with Crippen molar-refractivity contribution >= 4 is 57.4 Å². The summed E-state index contributed by atoms with van der Waals surface area (Å²) in [6.45, 7) is 15.1. The summed E-state index contributed by atoms with van der Waals surface area (Å²) < 4.78 is 12.3. The molecule has 0 saturated carbocycles. The molecule has 0 radical (unpaired) electrons. The number of carbonyl (C=O) groups excluding carboxylic acids is 1. The number of aryl methyl sites for hydroxylation is 1. The number of ether oxygens (including phenoxy) is 2. The van der Waals surface area contributed by atoms with Crippen LogP contribution in [0.1, 0.15) is 79.2 Å². The fourth-order valence-electron chi connectivity index (χ4n) is 5.39. The number of hydrogen-bond acceptors (Lipinski definition) is 7. The Kier molecular flexibility index (Phi) is 27.5. The van der Waals surface area contributed by atoms with Crippen LogP contribution in [-0.4, -0.2) is 56.6 Å². The Bertz CT molecular complexity index is 1100. The summed E-state index contributed by atoms with van der Waals surface area (Å²) >= 11 is 11.8. The van der Waals surface area contributed by atoms with Crippen LogP contribution in [0.4, 0.5) is 5.69 Å². The van der Waals surface area contributed by atoms with Gasteiger partial charge >= 0.3 is 0 Å². The molecule has 5 nitrogen and oxygen atoms in total. The van der Waals surface area contributed by atoms with E-state index in [0.29, 0.717) is 23.0 Å². The summed E-state index contributed by atoms with van der Waals surface area (Å²) in [6.07, 6.45) is 15.6. The number of para-hydroxylation sites is 2. The molecule has 2 aromatic rings. The first kappa shape index (κ1) is 45.6. The predicted molar refractivity (Wildman–Crippen MR) is 216 cm³/mol. The number of nitrogens with two attached hydrogens (primary N) is 1. The molecule has 5 atom stereocenters. The van der Waals surface area contributed by atoms with Crippen molar-refractivity contribution < 1.29 is 14.3 Å². The van der Waals surface area contributed by atoms with E-state index in [9.17, 15) is 4.79 Å². The number of nitrogens with zero attached hydrogens (tertiary/aromatic N) is 1. The summed E-state index contributed by atoms with van der Waals surface area (Å²) in [5, 5.41) is 1.49. The first-order chi connectivity index (χ1) is 22.6. The standard InChI is InChI=1S/C33H48ClNO2S.C2H5NO.C2H6.CH4S2/c1-6-29(32(36-4)19-9-12-25(2)26(3)38-5)20-21-35-23-28(24-37-33-18-8-7-17-31(33)35)15-10-13-27-14-11-16-30(34)22-27;1-2(3)4;1-2;1-3-2/h7-9,11,14,16-19,22,25-26,28-29,32H,6,10,12-13,15,20-21,23-24H2,1-5H3;1H3,(H2,3,4);1-2H3;2H,1H3/b19-9+;;;/t25-,26+,28?,29+,32-;;;/m0.../s1. The Labute approximate surface area is 306 Å². The van der Waals surface area contributed by atoms with Crippen LogP contribution in [0.3, 0.4) is 0 Å². The molecule has 1 heterocycles. The number of fused-ring (bicyclic) bond motifs is 1. The van der Waals surface area contributed by atoms with E-state index < -0.39 is 0 Å². The van der Waals surface area contributed by atoms with E-state index in [1.54, 1.807) is 0 Å². The molecule has 1 unspecified atom stereocenters. The normalized spacial score (nSPS) is 16.3. The molecule has 0 aliphatic carbocycles. The summed E-state index contributed by atoms with van der Waals surface area (Å²) in [7, 11) is 3.30. The molecular formula is C38H63ClN2O3S3. The minimum atomic E-state index is -0.333. The molecule has 0 fully saturated rings. The molecule has 1 amide bonds. The second-order valence-corrected chi connectivity index (χ2v) is 14.8. The smallest absolute Gasteiger partial charge is 0.214 e. The molecule has 0 aromatic heterocycles. The highest BCUT2D eigenvalue weighted by atomic mass is 35.5. The Morgan fingerprint density at radius 2 is 1.85 bits per heavy atom. The highest BCUT2D eigenvalue weighted by molar-refractivity contribution is 8.68. The highest BCUT2D eigenvalue weighted by Gasteiger charge is 2.25. The Morgan fingerprint density at radius 1 is 1.19 bits per heavy atom. The van der Waals surface area contributed by atoms with Gasteiger partial charge in [0.1, 0.15) is 5.75 Å². The van der Waals surface area contributed by atoms with Gasteiger partial charge in [-0.3, -0.25) is 4.79 Å². The molecule has 3 rings (SSSR count). The molecule has 2 aromatic carbocycles. The van der Waals surface area contributed by atoms with Crippen molar-refractivity contribution in [2.24, 2.45) is 23.5 Å². The SMILES string of the molecule is CC.CC(N)=O.CC[C@H](CCN1CC(CCCc2cccc(Cl)c2)COc2ccccc21)[C@H](/C=C/C[C@H](C)[C@@H](C)SC)OC.CSS. The number of carbonyl (C=O) groups is 1. The molecular weight excluding hydrogens is 664 g/mol. The zero-order valence-corrected chi connectivity index (χ0v) is 33.7. The van der Waals surface area contributed by atoms with Gasteiger partial charge in [-0.05, 0) is 86.3 Å². The fourth-order valence-corrected chi connectivity index (χ4v) is 6.17. The Balaban J connectivity index is 0.00000211. The molecule has 0 saturated heterocycles. The molecule has 47 heavy (non-hydrogen) atoms. The van der Waals surface area contributed by atoms with Crippen LogP contribution in [-0.2, 0) is 16.0 Å². The lowest BCUT2D eigenvalue weighted by Gasteiger charge is -2.30. The van der Waals surface area contributed by atoms with E-state index in [4.69, 9.17) is 21.1 Å². The van der Waals surface area contributed by atoms with Gasteiger partial charge in [0.2, 0.25) is 5.91 Å². The monoisotopic (exact) mass is 726 g/mol. The largest absolute Gasteiger partial charge is 0.491 e. The van der Waals surface area contributed by atoms with E-state index in [-0.39, 0.29) is 12.0 Å². The maximum absolute atomic E-state index is 9.22.